The molecule has 0 bridgehead atoms. The molecule has 1 amide bonds. The van der Waals surface area contributed by atoms with Crippen LogP contribution in [0, 0.1) is 5.92 Å². The van der Waals surface area contributed by atoms with Crippen LogP contribution in [0.15, 0.2) is 29.6 Å². The maximum absolute atomic E-state index is 13.1. The van der Waals surface area contributed by atoms with Crippen molar-refractivity contribution in [1.29, 1.82) is 0 Å². The molecule has 33 heavy (non-hydrogen) atoms. The molecular formula is C27H38N2O3S. The summed E-state index contributed by atoms with van der Waals surface area (Å²) in [6.07, 6.45) is 8.89. The lowest BCUT2D eigenvalue weighted by molar-refractivity contribution is -0.131. The highest BCUT2D eigenvalue weighted by Crippen LogP contribution is 2.32. The topological polar surface area (TPSA) is 42.0 Å². The molecular weight excluding hydrogens is 432 g/mol. The van der Waals surface area contributed by atoms with Crippen molar-refractivity contribution in [2.75, 3.05) is 46.9 Å². The molecule has 4 rings (SSSR count). The molecule has 2 aliphatic rings. The van der Waals surface area contributed by atoms with Gasteiger partial charge < -0.3 is 19.3 Å². The number of carbonyl (C=O) groups is 1. The first-order valence-corrected chi connectivity index (χ1v) is 13.3. The fraction of sp³-hybridized carbons (Fsp3) is 0.593. The number of aryl methyl sites for hydroxylation is 1. The normalized spacial score (nSPS) is 19.3. The van der Waals surface area contributed by atoms with Gasteiger partial charge in [-0.1, -0.05) is 12.5 Å². The Kier molecular flexibility index (Phi) is 8.68. The number of benzene rings is 1. The highest BCUT2D eigenvalue weighted by atomic mass is 32.1. The summed E-state index contributed by atoms with van der Waals surface area (Å²) in [5, 5.41) is 2.17. The van der Waals surface area contributed by atoms with Gasteiger partial charge in [-0.05, 0) is 92.2 Å². The third-order valence-corrected chi connectivity index (χ3v) is 8.05. The smallest absolute Gasteiger partial charge is 0.227 e. The van der Waals surface area contributed by atoms with Crippen molar-refractivity contribution < 1.29 is 14.3 Å². The van der Waals surface area contributed by atoms with Gasteiger partial charge in [0, 0.05) is 24.5 Å². The first-order chi connectivity index (χ1) is 16.2. The fourth-order valence-electron chi connectivity index (χ4n) is 5.29. The first-order valence-electron chi connectivity index (χ1n) is 12.4. The summed E-state index contributed by atoms with van der Waals surface area (Å²) in [6, 6.07) is 8.42. The Morgan fingerprint density at radius 1 is 1.06 bits per heavy atom. The molecule has 5 nitrogen and oxygen atoms in total. The first kappa shape index (κ1) is 24.1. The Labute approximate surface area is 202 Å². The number of piperidine rings is 1. The van der Waals surface area contributed by atoms with Gasteiger partial charge in [0.2, 0.25) is 5.91 Å². The molecule has 1 fully saturated rings. The molecule has 2 aliphatic heterocycles. The SMILES string of the molecule is COc1cc2c(cc1OC)CC(=O)N(CC1CCCN(CCCCCc3cccs3)C1)CC2. The zero-order valence-corrected chi connectivity index (χ0v) is 21.0. The summed E-state index contributed by atoms with van der Waals surface area (Å²) in [6.45, 7) is 5.21. The van der Waals surface area contributed by atoms with Crippen LogP contribution in [0.25, 0.3) is 0 Å². The molecule has 2 aromatic rings. The average molecular weight is 471 g/mol. The minimum atomic E-state index is 0.242. The Balaban J connectivity index is 1.24. The third kappa shape index (κ3) is 6.51. The molecule has 0 aliphatic carbocycles. The summed E-state index contributed by atoms with van der Waals surface area (Å²) in [5.41, 5.74) is 2.28. The maximum Gasteiger partial charge on any atom is 0.227 e. The molecule has 0 radical (unpaired) electrons. The summed E-state index contributed by atoms with van der Waals surface area (Å²) < 4.78 is 10.9. The Hall–Kier alpha value is -2.05. The van der Waals surface area contributed by atoms with E-state index in [0.29, 0.717) is 18.1 Å². The Morgan fingerprint density at radius 3 is 2.64 bits per heavy atom. The van der Waals surface area contributed by atoms with E-state index in [9.17, 15) is 4.79 Å². The minimum absolute atomic E-state index is 0.242. The molecule has 1 unspecified atom stereocenters. The number of hydrogen-bond donors (Lipinski definition) is 0. The van der Waals surface area contributed by atoms with Crippen molar-refractivity contribution in [3.63, 3.8) is 0 Å². The van der Waals surface area contributed by atoms with Crippen LogP contribution in [-0.2, 0) is 24.1 Å². The number of nitrogens with zero attached hydrogens (tertiary/aromatic N) is 2. The fourth-order valence-corrected chi connectivity index (χ4v) is 6.04. The molecule has 1 aromatic heterocycles. The predicted octanol–water partition coefficient (Wildman–Crippen LogP) is 4.82. The number of carbonyl (C=O) groups excluding carboxylic acids is 1. The predicted molar refractivity (Wildman–Crippen MR) is 135 cm³/mol. The zero-order valence-electron chi connectivity index (χ0n) is 20.2. The van der Waals surface area contributed by atoms with E-state index in [1.165, 1.54) is 62.1 Å². The Morgan fingerprint density at radius 2 is 1.88 bits per heavy atom. The molecule has 1 saturated heterocycles. The number of amides is 1. The van der Waals surface area contributed by atoms with Crippen LogP contribution >= 0.6 is 11.3 Å². The number of methoxy groups -OCH3 is 2. The third-order valence-electron chi connectivity index (χ3n) is 7.11. The van der Waals surface area contributed by atoms with Gasteiger partial charge in [-0.15, -0.1) is 11.3 Å². The number of likely N-dealkylation sites (tertiary alicyclic amines) is 1. The van der Waals surface area contributed by atoms with E-state index in [0.717, 1.165) is 37.4 Å². The van der Waals surface area contributed by atoms with Gasteiger partial charge in [0.25, 0.3) is 0 Å². The molecule has 6 heteroatoms. The zero-order chi connectivity index (χ0) is 23.0. The molecule has 0 saturated carbocycles. The lowest BCUT2D eigenvalue weighted by Gasteiger charge is -2.35. The number of ether oxygens (including phenoxy) is 2. The molecule has 0 N–H and O–H groups in total. The highest BCUT2D eigenvalue weighted by molar-refractivity contribution is 7.09. The summed E-state index contributed by atoms with van der Waals surface area (Å²) in [7, 11) is 3.31. The van der Waals surface area contributed by atoms with Crippen LogP contribution in [0.2, 0.25) is 0 Å². The van der Waals surface area contributed by atoms with E-state index in [1.807, 2.05) is 23.5 Å². The van der Waals surface area contributed by atoms with Crippen molar-refractivity contribution in [2.24, 2.45) is 5.92 Å². The van der Waals surface area contributed by atoms with E-state index in [1.54, 1.807) is 14.2 Å². The standard InChI is InChI=1S/C27H38N2O3S/c1-31-25-16-22-11-14-29(27(30)18-23(22)17-26(25)32-2)20-21-8-6-13-28(19-21)12-5-3-4-9-24-10-7-15-33-24/h7,10,15-17,21H,3-6,8-9,11-14,18-20H2,1-2H3. The van der Waals surface area contributed by atoms with Crippen molar-refractivity contribution in [2.45, 2.75) is 51.4 Å². The quantitative estimate of drug-likeness (QED) is 0.467. The highest BCUT2D eigenvalue weighted by Gasteiger charge is 2.27. The van der Waals surface area contributed by atoms with Gasteiger partial charge in [0.05, 0.1) is 20.6 Å². The van der Waals surface area contributed by atoms with E-state index >= 15 is 0 Å². The molecule has 180 valence electrons. The van der Waals surface area contributed by atoms with Crippen LogP contribution in [0.3, 0.4) is 0 Å². The minimum Gasteiger partial charge on any atom is -0.493 e. The lowest BCUT2D eigenvalue weighted by atomic mass is 9.97. The summed E-state index contributed by atoms with van der Waals surface area (Å²) in [5.74, 6) is 2.28. The summed E-state index contributed by atoms with van der Waals surface area (Å²) >= 11 is 1.87. The monoisotopic (exact) mass is 470 g/mol. The largest absolute Gasteiger partial charge is 0.493 e. The van der Waals surface area contributed by atoms with Gasteiger partial charge in [0.15, 0.2) is 11.5 Å². The van der Waals surface area contributed by atoms with Gasteiger partial charge in [0.1, 0.15) is 0 Å². The average Bonchev–Trinajstić information content (AvgIpc) is 3.30. The second-order valence-corrected chi connectivity index (χ2v) is 10.5. The molecule has 3 heterocycles. The van der Waals surface area contributed by atoms with Crippen LogP contribution < -0.4 is 9.47 Å². The summed E-state index contributed by atoms with van der Waals surface area (Å²) in [4.78, 5) is 19.3. The van der Waals surface area contributed by atoms with E-state index < -0.39 is 0 Å². The number of thiophene rings is 1. The lowest BCUT2D eigenvalue weighted by Crippen LogP contribution is -2.43. The molecule has 1 aromatic carbocycles. The molecule has 1 atom stereocenters. The second kappa shape index (κ2) is 11.9. The van der Waals surface area contributed by atoms with Crippen LogP contribution in [0.4, 0.5) is 0 Å². The number of hydrogen-bond acceptors (Lipinski definition) is 5. The number of unbranched alkanes of at least 4 members (excludes halogenated alkanes) is 2. The van der Waals surface area contributed by atoms with Crippen molar-refractivity contribution in [3.8, 4) is 11.5 Å². The second-order valence-electron chi connectivity index (χ2n) is 9.44. The van der Waals surface area contributed by atoms with Gasteiger partial charge in [-0.25, -0.2) is 0 Å². The Bertz CT molecular complexity index is 899. The van der Waals surface area contributed by atoms with Crippen LogP contribution in [0.1, 0.15) is 48.1 Å². The van der Waals surface area contributed by atoms with Gasteiger partial charge in [-0.3, -0.25) is 4.79 Å². The van der Waals surface area contributed by atoms with Crippen LogP contribution in [0.5, 0.6) is 11.5 Å². The van der Waals surface area contributed by atoms with Gasteiger partial charge >= 0.3 is 0 Å². The van der Waals surface area contributed by atoms with Crippen LogP contribution in [-0.4, -0.2) is 62.7 Å². The van der Waals surface area contributed by atoms with E-state index in [-0.39, 0.29) is 5.91 Å². The van der Waals surface area contributed by atoms with Crippen molar-refractivity contribution >= 4 is 17.2 Å². The maximum atomic E-state index is 13.1. The van der Waals surface area contributed by atoms with E-state index in [4.69, 9.17) is 9.47 Å². The van der Waals surface area contributed by atoms with Crippen molar-refractivity contribution in [3.05, 3.63) is 45.6 Å². The van der Waals surface area contributed by atoms with E-state index in [2.05, 4.69) is 27.3 Å². The molecule has 0 spiro atoms. The number of rotatable bonds is 10. The van der Waals surface area contributed by atoms with Crippen molar-refractivity contribution in [1.82, 2.24) is 9.80 Å². The van der Waals surface area contributed by atoms with Gasteiger partial charge in [-0.2, -0.15) is 0 Å². The number of fused-ring (bicyclic) bond motifs is 1.